The normalized spacial score (nSPS) is 10.5. The molecule has 1 aromatic carbocycles. The molecule has 0 atom stereocenters. The number of halogens is 1. The fraction of sp³-hybridized carbons (Fsp3) is 0.267. The number of aryl methyl sites for hydroxylation is 2. The molecule has 0 bridgehead atoms. The van der Waals surface area contributed by atoms with Crippen LogP contribution in [0.2, 0.25) is 5.02 Å². The quantitative estimate of drug-likeness (QED) is 0.826. The maximum atomic E-state index is 12.4. The van der Waals surface area contributed by atoms with E-state index in [-0.39, 0.29) is 5.91 Å². The Labute approximate surface area is 122 Å². The summed E-state index contributed by atoms with van der Waals surface area (Å²) in [5, 5.41) is 0.695. The van der Waals surface area contributed by atoms with Crippen molar-refractivity contribution in [3.8, 4) is 0 Å². The monoisotopic (exact) mass is 293 g/mol. The second kappa shape index (κ2) is 5.76. The zero-order valence-electron chi connectivity index (χ0n) is 11.2. The van der Waals surface area contributed by atoms with E-state index in [4.69, 9.17) is 11.6 Å². The first-order valence-corrected chi connectivity index (χ1v) is 7.24. The molecule has 0 fully saturated rings. The summed E-state index contributed by atoms with van der Waals surface area (Å²) in [4.78, 5) is 16.3. The van der Waals surface area contributed by atoms with E-state index in [0.29, 0.717) is 11.6 Å². The van der Waals surface area contributed by atoms with Crippen LogP contribution >= 0.6 is 22.9 Å². The van der Waals surface area contributed by atoms with Crippen LogP contribution in [0, 0.1) is 13.8 Å². The van der Waals surface area contributed by atoms with E-state index < -0.39 is 0 Å². The lowest BCUT2D eigenvalue weighted by Gasteiger charge is -2.18. The molecule has 0 saturated heterocycles. The lowest BCUT2D eigenvalue weighted by Crippen LogP contribution is -2.26. The summed E-state index contributed by atoms with van der Waals surface area (Å²) in [6.45, 7) is 4.52. The third-order valence-electron chi connectivity index (χ3n) is 2.98. The number of carbonyl (C=O) groups excluding carboxylic acids is 1. The second-order valence-corrected chi connectivity index (χ2v) is 6.45. The summed E-state index contributed by atoms with van der Waals surface area (Å²) < 4.78 is 0. The lowest BCUT2D eigenvalue weighted by molar-refractivity contribution is 0.0785. The van der Waals surface area contributed by atoms with E-state index >= 15 is 0 Å². The molecular weight excluding hydrogens is 278 g/mol. The van der Waals surface area contributed by atoms with Gasteiger partial charge < -0.3 is 4.90 Å². The molecule has 1 heterocycles. The molecule has 2 nitrogen and oxygen atoms in total. The number of rotatable bonds is 3. The summed E-state index contributed by atoms with van der Waals surface area (Å²) >= 11 is 7.77. The molecule has 1 aromatic heterocycles. The van der Waals surface area contributed by atoms with Gasteiger partial charge in [-0.15, -0.1) is 11.3 Å². The maximum Gasteiger partial charge on any atom is 0.255 e. The minimum Gasteiger partial charge on any atom is -0.337 e. The Morgan fingerprint density at radius 2 is 2.00 bits per heavy atom. The molecule has 2 rings (SSSR count). The molecule has 0 aliphatic carbocycles. The Morgan fingerprint density at radius 1 is 1.32 bits per heavy atom. The molecule has 0 N–H and O–H groups in total. The fourth-order valence-electron chi connectivity index (χ4n) is 2.00. The molecule has 0 aliphatic heterocycles. The van der Waals surface area contributed by atoms with Crippen LogP contribution in [0.4, 0.5) is 0 Å². The Kier molecular flexibility index (Phi) is 4.27. The largest absolute Gasteiger partial charge is 0.337 e. The first-order valence-electron chi connectivity index (χ1n) is 6.05. The first kappa shape index (κ1) is 14.1. The smallest absolute Gasteiger partial charge is 0.255 e. The van der Waals surface area contributed by atoms with Crippen LogP contribution in [0.3, 0.4) is 0 Å². The minimum absolute atomic E-state index is 0.0433. The molecule has 1 amide bonds. The highest BCUT2D eigenvalue weighted by Gasteiger charge is 2.17. The van der Waals surface area contributed by atoms with Crippen molar-refractivity contribution in [3.05, 3.63) is 56.2 Å². The topological polar surface area (TPSA) is 20.3 Å². The van der Waals surface area contributed by atoms with Gasteiger partial charge >= 0.3 is 0 Å². The number of amides is 1. The number of nitrogens with zero attached hydrogens (tertiary/aromatic N) is 1. The fourth-order valence-corrected chi connectivity index (χ4v) is 3.11. The zero-order chi connectivity index (χ0) is 14.0. The van der Waals surface area contributed by atoms with Crippen molar-refractivity contribution in [3.63, 3.8) is 0 Å². The van der Waals surface area contributed by atoms with Crippen molar-refractivity contribution in [1.82, 2.24) is 4.90 Å². The summed E-state index contributed by atoms with van der Waals surface area (Å²) in [6.07, 6.45) is 0. The average molecular weight is 294 g/mol. The number of thiophene rings is 1. The van der Waals surface area contributed by atoms with Gasteiger partial charge in [0, 0.05) is 28.4 Å². The third-order valence-corrected chi connectivity index (χ3v) is 4.32. The van der Waals surface area contributed by atoms with Crippen molar-refractivity contribution in [1.29, 1.82) is 0 Å². The van der Waals surface area contributed by atoms with Gasteiger partial charge in [0.25, 0.3) is 5.91 Å². The summed E-state index contributed by atoms with van der Waals surface area (Å²) in [6, 6.07) is 9.55. The van der Waals surface area contributed by atoms with Crippen LogP contribution in [-0.2, 0) is 6.54 Å². The minimum atomic E-state index is 0.0433. The van der Waals surface area contributed by atoms with E-state index in [1.165, 1.54) is 0 Å². The number of hydrogen-bond donors (Lipinski definition) is 0. The lowest BCUT2D eigenvalue weighted by atomic mass is 10.2. The Hall–Kier alpha value is -1.32. The van der Waals surface area contributed by atoms with Crippen LogP contribution in [0.25, 0.3) is 0 Å². The van der Waals surface area contributed by atoms with Gasteiger partial charge in [-0.05, 0) is 31.5 Å². The van der Waals surface area contributed by atoms with Gasteiger partial charge in [0.1, 0.15) is 0 Å². The highest BCUT2D eigenvalue weighted by molar-refractivity contribution is 7.12. The third kappa shape index (κ3) is 3.17. The van der Waals surface area contributed by atoms with Crippen molar-refractivity contribution >= 4 is 28.8 Å². The van der Waals surface area contributed by atoms with Crippen LogP contribution in [0.5, 0.6) is 0 Å². The number of carbonyl (C=O) groups is 1. The van der Waals surface area contributed by atoms with Crippen molar-refractivity contribution < 1.29 is 4.79 Å². The van der Waals surface area contributed by atoms with Gasteiger partial charge in [0.05, 0.1) is 5.56 Å². The Balaban J connectivity index is 2.16. The van der Waals surface area contributed by atoms with E-state index in [1.807, 2.05) is 44.2 Å². The van der Waals surface area contributed by atoms with Gasteiger partial charge in [-0.3, -0.25) is 4.79 Å². The zero-order valence-corrected chi connectivity index (χ0v) is 12.8. The van der Waals surface area contributed by atoms with Gasteiger partial charge in [0.15, 0.2) is 0 Å². The molecule has 0 radical (unpaired) electrons. The molecule has 100 valence electrons. The van der Waals surface area contributed by atoms with Gasteiger partial charge in [-0.2, -0.15) is 0 Å². The standard InChI is InChI=1S/C15H16ClNOS/c1-10-8-13(11(2)19-10)15(18)17(3)9-12-6-4-5-7-14(12)16/h4-8H,9H2,1-3H3. The van der Waals surface area contributed by atoms with Gasteiger partial charge in [0.2, 0.25) is 0 Å². The van der Waals surface area contributed by atoms with Crippen LogP contribution < -0.4 is 0 Å². The second-order valence-electron chi connectivity index (χ2n) is 4.58. The molecule has 2 aromatic rings. The molecule has 0 saturated carbocycles. The van der Waals surface area contributed by atoms with Crippen molar-refractivity contribution in [2.75, 3.05) is 7.05 Å². The molecule has 0 spiro atoms. The van der Waals surface area contributed by atoms with Crippen molar-refractivity contribution in [2.24, 2.45) is 0 Å². The van der Waals surface area contributed by atoms with E-state index in [9.17, 15) is 4.79 Å². The Morgan fingerprint density at radius 3 is 2.58 bits per heavy atom. The van der Waals surface area contributed by atoms with Crippen LogP contribution in [0.1, 0.15) is 25.7 Å². The summed E-state index contributed by atoms with van der Waals surface area (Å²) in [7, 11) is 1.80. The molecular formula is C15H16ClNOS. The predicted octanol–water partition coefficient (Wildman–Crippen LogP) is 4.29. The maximum absolute atomic E-state index is 12.4. The predicted molar refractivity (Wildman–Crippen MR) is 81.0 cm³/mol. The summed E-state index contributed by atoms with van der Waals surface area (Å²) in [5.74, 6) is 0.0433. The van der Waals surface area contributed by atoms with Gasteiger partial charge in [-0.25, -0.2) is 0 Å². The average Bonchev–Trinajstić information content (AvgIpc) is 2.70. The highest BCUT2D eigenvalue weighted by Crippen LogP contribution is 2.23. The van der Waals surface area contributed by atoms with Crippen LogP contribution in [0.15, 0.2) is 30.3 Å². The molecule has 0 unspecified atom stereocenters. The molecule has 4 heteroatoms. The molecule has 0 aliphatic rings. The van der Waals surface area contributed by atoms with E-state index in [1.54, 1.807) is 23.3 Å². The van der Waals surface area contributed by atoms with Gasteiger partial charge in [-0.1, -0.05) is 29.8 Å². The SMILES string of the molecule is Cc1cc(C(=O)N(C)Cc2ccccc2Cl)c(C)s1. The van der Waals surface area contributed by atoms with Crippen molar-refractivity contribution in [2.45, 2.75) is 20.4 Å². The number of benzene rings is 1. The van der Waals surface area contributed by atoms with E-state index in [0.717, 1.165) is 20.9 Å². The summed E-state index contributed by atoms with van der Waals surface area (Å²) in [5.41, 5.74) is 1.75. The highest BCUT2D eigenvalue weighted by atomic mass is 35.5. The number of hydrogen-bond acceptors (Lipinski definition) is 2. The van der Waals surface area contributed by atoms with Crippen LogP contribution in [-0.4, -0.2) is 17.9 Å². The van der Waals surface area contributed by atoms with E-state index in [2.05, 4.69) is 0 Å². The first-order chi connectivity index (χ1) is 8.99. The molecule has 19 heavy (non-hydrogen) atoms. The Bertz CT molecular complexity index is 606.